The van der Waals surface area contributed by atoms with E-state index in [0.29, 0.717) is 11.5 Å². The Morgan fingerprint density at radius 1 is 1.41 bits per heavy atom. The van der Waals surface area contributed by atoms with Crippen molar-refractivity contribution in [2.24, 2.45) is 17.3 Å². The van der Waals surface area contributed by atoms with Crippen molar-refractivity contribution < 1.29 is 14.3 Å². The maximum absolute atomic E-state index is 12.3. The van der Waals surface area contributed by atoms with Gasteiger partial charge in [-0.25, -0.2) is 4.79 Å². The van der Waals surface area contributed by atoms with E-state index in [4.69, 9.17) is 4.74 Å². The number of carbonyl (C=O) groups excluding carboxylic acids is 2. The number of methoxy groups -OCH3 is 1. The number of hydrogen-bond acceptors (Lipinski definition) is 3. The highest BCUT2D eigenvalue weighted by Gasteiger charge is 2.58. The monoisotopic (exact) mass is 236 g/mol. The van der Waals surface area contributed by atoms with Crippen LogP contribution in [0, 0.1) is 17.3 Å². The highest BCUT2D eigenvalue weighted by atomic mass is 16.5. The first-order valence-corrected chi connectivity index (χ1v) is 6.30. The SMILES string of the molecule is CCCC1=C(C(=O)OC)C(=O)[C@H]2C[C@@H]1C2(C)C. The summed E-state index contributed by atoms with van der Waals surface area (Å²) >= 11 is 0. The molecule has 94 valence electrons. The molecule has 17 heavy (non-hydrogen) atoms. The second-order valence-electron chi connectivity index (χ2n) is 5.67. The summed E-state index contributed by atoms with van der Waals surface area (Å²) < 4.78 is 4.76. The van der Waals surface area contributed by atoms with E-state index in [1.807, 2.05) is 0 Å². The van der Waals surface area contributed by atoms with Crippen LogP contribution in [0.25, 0.3) is 0 Å². The highest BCUT2D eigenvalue weighted by Crippen LogP contribution is 2.60. The summed E-state index contributed by atoms with van der Waals surface area (Å²) in [6.07, 6.45) is 2.71. The Bertz CT molecular complexity index is 404. The molecule has 0 saturated heterocycles. The second kappa shape index (κ2) is 3.97. The summed E-state index contributed by atoms with van der Waals surface area (Å²) in [4.78, 5) is 24.0. The van der Waals surface area contributed by atoms with Crippen LogP contribution < -0.4 is 0 Å². The average Bonchev–Trinajstić information content (AvgIpc) is 2.27. The molecule has 3 aliphatic rings. The lowest BCUT2D eigenvalue weighted by molar-refractivity contribution is -0.145. The first-order chi connectivity index (χ1) is 7.95. The van der Waals surface area contributed by atoms with Gasteiger partial charge in [-0.3, -0.25) is 4.79 Å². The van der Waals surface area contributed by atoms with Crippen molar-refractivity contribution in [1.82, 2.24) is 0 Å². The normalized spacial score (nSPS) is 30.0. The maximum atomic E-state index is 12.3. The number of hydrogen-bond donors (Lipinski definition) is 0. The summed E-state index contributed by atoms with van der Waals surface area (Å²) in [5.74, 6) is -0.0297. The zero-order chi connectivity index (χ0) is 12.8. The first-order valence-electron chi connectivity index (χ1n) is 6.30. The summed E-state index contributed by atoms with van der Waals surface area (Å²) in [7, 11) is 1.34. The quantitative estimate of drug-likeness (QED) is 0.558. The molecule has 3 aliphatic carbocycles. The van der Waals surface area contributed by atoms with Gasteiger partial charge in [0.25, 0.3) is 0 Å². The predicted octanol–water partition coefficient (Wildman–Crippen LogP) is 2.50. The van der Waals surface area contributed by atoms with Gasteiger partial charge in [-0.1, -0.05) is 27.2 Å². The van der Waals surface area contributed by atoms with Crippen LogP contribution in [0.15, 0.2) is 11.1 Å². The second-order valence-corrected chi connectivity index (χ2v) is 5.67. The molecule has 0 aromatic rings. The Morgan fingerprint density at radius 2 is 2.06 bits per heavy atom. The minimum atomic E-state index is -0.441. The van der Waals surface area contributed by atoms with Crippen LogP contribution in [0.4, 0.5) is 0 Å². The third kappa shape index (κ3) is 1.55. The number of carbonyl (C=O) groups is 2. The third-order valence-electron chi connectivity index (χ3n) is 4.48. The van der Waals surface area contributed by atoms with Crippen LogP contribution in [-0.4, -0.2) is 18.9 Å². The van der Waals surface area contributed by atoms with Crippen molar-refractivity contribution >= 4 is 11.8 Å². The van der Waals surface area contributed by atoms with E-state index < -0.39 is 5.97 Å². The van der Waals surface area contributed by atoms with Crippen LogP contribution >= 0.6 is 0 Å². The number of Topliss-reactive ketones (excluding diaryl/α,β-unsaturated/α-hetero) is 1. The van der Waals surface area contributed by atoms with Gasteiger partial charge in [0.2, 0.25) is 0 Å². The molecule has 0 N–H and O–H groups in total. The van der Waals surface area contributed by atoms with Crippen LogP contribution in [0.2, 0.25) is 0 Å². The van der Waals surface area contributed by atoms with Crippen molar-refractivity contribution in [3.05, 3.63) is 11.1 Å². The molecule has 0 unspecified atom stereocenters. The third-order valence-corrected chi connectivity index (χ3v) is 4.48. The van der Waals surface area contributed by atoms with Gasteiger partial charge >= 0.3 is 5.97 Å². The van der Waals surface area contributed by atoms with Gasteiger partial charge in [0, 0.05) is 5.92 Å². The molecule has 2 bridgehead atoms. The Balaban J connectivity index is 2.47. The van der Waals surface area contributed by atoms with Gasteiger partial charge in [-0.15, -0.1) is 0 Å². The molecule has 3 heteroatoms. The fourth-order valence-electron chi connectivity index (χ4n) is 3.37. The molecule has 2 atom stereocenters. The molecular weight excluding hydrogens is 216 g/mol. The Labute approximate surface area is 102 Å². The molecule has 0 aromatic heterocycles. The molecule has 0 heterocycles. The van der Waals surface area contributed by atoms with Crippen LogP contribution in [0.3, 0.4) is 0 Å². The smallest absolute Gasteiger partial charge is 0.341 e. The average molecular weight is 236 g/mol. The minimum Gasteiger partial charge on any atom is -0.465 e. The molecule has 0 aliphatic heterocycles. The van der Waals surface area contributed by atoms with Crippen molar-refractivity contribution in [3.63, 3.8) is 0 Å². The fraction of sp³-hybridized carbons (Fsp3) is 0.714. The lowest BCUT2D eigenvalue weighted by atomic mass is 9.46. The molecule has 0 amide bonds. The van der Waals surface area contributed by atoms with Gasteiger partial charge in [-0.2, -0.15) is 0 Å². The largest absolute Gasteiger partial charge is 0.465 e. The number of rotatable bonds is 3. The summed E-state index contributed by atoms with van der Waals surface area (Å²) in [6.45, 7) is 6.34. The molecule has 1 fully saturated rings. The van der Waals surface area contributed by atoms with Gasteiger partial charge in [0.15, 0.2) is 5.78 Å². The number of ketones is 1. The van der Waals surface area contributed by atoms with Crippen molar-refractivity contribution in [1.29, 1.82) is 0 Å². The van der Waals surface area contributed by atoms with E-state index in [1.54, 1.807) is 0 Å². The van der Waals surface area contributed by atoms with Crippen LogP contribution in [0.1, 0.15) is 40.0 Å². The number of esters is 1. The number of ether oxygens (including phenoxy) is 1. The topological polar surface area (TPSA) is 43.4 Å². The fourth-order valence-corrected chi connectivity index (χ4v) is 3.37. The Hall–Kier alpha value is -1.12. The van der Waals surface area contributed by atoms with Gasteiger partial charge in [-0.05, 0) is 29.7 Å². The predicted molar refractivity (Wildman–Crippen MR) is 64.3 cm³/mol. The van der Waals surface area contributed by atoms with Gasteiger partial charge < -0.3 is 4.74 Å². The van der Waals surface area contributed by atoms with E-state index in [2.05, 4.69) is 20.8 Å². The van der Waals surface area contributed by atoms with Gasteiger partial charge in [0.05, 0.1) is 7.11 Å². The van der Waals surface area contributed by atoms with Crippen molar-refractivity contribution in [2.45, 2.75) is 40.0 Å². The van der Waals surface area contributed by atoms with Crippen LogP contribution in [-0.2, 0) is 14.3 Å². The molecular formula is C14H20O3. The van der Waals surface area contributed by atoms with E-state index in [9.17, 15) is 9.59 Å². The standard InChI is InChI=1S/C14H20O3/c1-5-6-8-9-7-10(14(9,2)3)12(15)11(8)13(16)17-4/h9-10H,5-7H2,1-4H3/t9-,10+/m0/s1. The van der Waals surface area contributed by atoms with Crippen molar-refractivity contribution in [3.8, 4) is 0 Å². The molecule has 0 spiro atoms. The zero-order valence-electron chi connectivity index (χ0n) is 11.0. The van der Waals surface area contributed by atoms with Crippen LogP contribution in [0.5, 0.6) is 0 Å². The summed E-state index contributed by atoms with van der Waals surface area (Å²) in [6, 6.07) is 0. The summed E-state index contributed by atoms with van der Waals surface area (Å²) in [5.41, 5.74) is 1.42. The molecule has 1 saturated carbocycles. The van der Waals surface area contributed by atoms with Gasteiger partial charge in [0.1, 0.15) is 5.57 Å². The maximum Gasteiger partial charge on any atom is 0.341 e. The highest BCUT2D eigenvalue weighted by molar-refractivity contribution is 6.20. The van der Waals surface area contributed by atoms with Crippen molar-refractivity contribution in [2.75, 3.05) is 7.11 Å². The van der Waals surface area contributed by atoms with E-state index >= 15 is 0 Å². The number of fused-ring (bicyclic) bond motifs is 1. The first kappa shape index (κ1) is 12.3. The molecule has 0 aromatic carbocycles. The molecule has 3 rings (SSSR count). The van der Waals surface area contributed by atoms with E-state index in [0.717, 1.165) is 24.8 Å². The minimum absolute atomic E-state index is 0.00722. The molecule has 0 radical (unpaired) electrons. The lowest BCUT2D eigenvalue weighted by Crippen LogP contribution is -2.55. The Kier molecular flexibility index (Phi) is 2.88. The molecule has 3 nitrogen and oxygen atoms in total. The Morgan fingerprint density at radius 3 is 2.53 bits per heavy atom. The van der Waals surface area contributed by atoms with E-state index in [-0.39, 0.29) is 17.1 Å². The van der Waals surface area contributed by atoms with E-state index in [1.165, 1.54) is 7.11 Å². The lowest BCUT2D eigenvalue weighted by Gasteiger charge is -2.56. The number of allylic oxidation sites excluding steroid dienone is 1. The zero-order valence-corrected chi connectivity index (χ0v) is 11.0. The summed E-state index contributed by atoms with van der Waals surface area (Å²) in [5, 5.41) is 0.